The van der Waals surface area contributed by atoms with E-state index in [0.29, 0.717) is 11.4 Å². The van der Waals surface area contributed by atoms with Crippen molar-refractivity contribution in [3.05, 3.63) is 198 Å². The van der Waals surface area contributed by atoms with Crippen LogP contribution in [0.5, 0.6) is 5.75 Å². The number of fused-ring (bicyclic) bond motifs is 7. The van der Waals surface area contributed by atoms with Gasteiger partial charge in [-0.05, 0) is 102 Å². The third-order valence-electron chi connectivity index (χ3n) is 14.9. The number of aromatic nitrogens is 4. The van der Waals surface area contributed by atoms with E-state index in [1.165, 1.54) is 21.7 Å². The molecule has 378 valence electrons. The fourth-order valence-corrected chi connectivity index (χ4v) is 10.7. The molecular formula is C69H65N4OPt-. The normalized spacial score (nSPS) is 12.5. The largest absolute Gasteiger partial charge is 0.507 e. The molecule has 0 fully saturated rings. The van der Waals surface area contributed by atoms with Gasteiger partial charge in [-0.1, -0.05) is 203 Å². The summed E-state index contributed by atoms with van der Waals surface area (Å²) in [7, 11) is 0. The second-order valence-electron chi connectivity index (χ2n) is 24.3. The van der Waals surface area contributed by atoms with Crippen LogP contribution in [0, 0.1) is 6.07 Å². The summed E-state index contributed by atoms with van der Waals surface area (Å²) in [5.41, 5.74) is 15.9. The van der Waals surface area contributed by atoms with E-state index in [0.717, 1.165) is 94.3 Å². The first-order chi connectivity index (χ1) is 35.1. The standard InChI is InChI=1S/C69H65N4O.Pt/c1-66(2,3)46-30-31-59(55(39-46)42-21-14-13-15-22-42)73-60-29-19-26-50(62(60)72-65(73)56-40-48(68(7,8)9)41-57(64(56)74)69(10,11)12)44-35-45(37-47(36-44)67(4,5)6)58-38-43(32-34-70-58)49-25-18-27-53-51-23-16-17-24-52(51)54-28-20-33-71-63(54)61(49)53;/h13-34,36-41,74H,1-12H3;/q-1;. The van der Waals surface area contributed by atoms with Crippen molar-refractivity contribution in [1.29, 1.82) is 0 Å². The van der Waals surface area contributed by atoms with E-state index in [1.54, 1.807) is 0 Å². The zero-order chi connectivity index (χ0) is 52.1. The summed E-state index contributed by atoms with van der Waals surface area (Å²) >= 11 is 0. The third-order valence-corrected chi connectivity index (χ3v) is 14.9. The predicted octanol–water partition coefficient (Wildman–Crippen LogP) is 18.3. The fourth-order valence-electron chi connectivity index (χ4n) is 10.7. The Balaban J connectivity index is 0.00000641. The summed E-state index contributed by atoms with van der Waals surface area (Å²) in [5, 5.41) is 18.5. The van der Waals surface area contributed by atoms with Gasteiger partial charge in [0.05, 0.1) is 27.8 Å². The van der Waals surface area contributed by atoms with Crippen LogP contribution in [0.3, 0.4) is 0 Å². The summed E-state index contributed by atoms with van der Waals surface area (Å²) in [6, 6.07) is 60.5. The van der Waals surface area contributed by atoms with Crippen LogP contribution in [0.25, 0.3) is 105 Å². The fraction of sp³-hybridized carbons (Fsp3) is 0.232. The number of rotatable bonds is 6. The SMILES string of the molecule is CC(C)(C)c1cc(-c2cc(-c3cccc4c5ccccc5c5cccnc5c34)ccn2)[c-]c(-c2cccc3c2nc(-c2cc(C(C)(C)C)cc(C(C)(C)C)c2O)n3-c2ccc(C(C)(C)C)cc2-c2ccccc2)c1.[Pt]. The summed E-state index contributed by atoms with van der Waals surface area (Å²) in [6.45, 7) is 26.8. The number of benzene rings is 8. The Kier molecular flexibility index (Phi) is 12.9. The van der Waals surface area contributed by atoms with Crippen molar-refractivity contribution in [3.63, 3.8) is 0 Å². The third kappa shape index (κ3) is 9.29. The first-order valence-corrected chi connectivity index (χ1v) is 26.0. The van der Waals surface area contributed by atoms with Crippen LogP contribution in [0.4, 0.5) is 0 Å². The van der Waals surface area contributed by atoms with Crippen LogP contribution in [0.1, 0.15) is 105 Å². The van der Waals surface area contributed by atoms with Gasteiger partial charge in [0.15, 0.2) is 0 Å². The first kappa shape index (κ1) is 51.3. The molecule has 0 spiro atoms. The zero-order valence-electron chi connectivity index (χ0n) is 45.2. The Hall–Kier alpha value is -7.20. The molecule has 6 heteroatoms. The van der Waals surface area contributed by atoms with E-state index < -0.39 is 0 Å². The van der Waals surface area contributed by atoms with Crippen molar-refractivity contribution < 1.29 is 26.2 Å². The van der Waals surface area contributed by atoms with Gasteiger partial charge in [-0.25, -0.2) is 4.98 Å². The number of hydrogen-bond acceptors (Lipinski definition) is 4. The Bertz CT molecular complexity index is 3960. The van der Waals surface area contributed by atoms with Gasteiger partial charge < -0.3 is 5.11 Å². The minimum atomic E-state index is -0.345. The van der Waals surface area contributed by atoms with Crippen LogP contribution in [0.15, 0.2) is 170 Å². The van der Waals surface area contributed by atoms with Crippen LogP contribution in [-0.4, -0.2) is 24.6 Å². The maximum absolute atomic E-state index is 12.7. The first-order valence-electron chi connectivity index (χ1n) is 26.0. The number of aromatic hydroxyl groups is 1. The van der Waals surface area contributed by atoms with Crippen molar-refractivity contribution in [1.82, 2.24) is 19.5 Å². The number of phenols is 1. The topological polar surface area (TPSA) is 63.8 Å². The molecule has 75 heavy (non-hydrogen) atoms. The van der Waals surface area contributed by atoms with Crippen LogP contribution in [-0.2, 0) is 42.7 Å². The maximum Gasteiger partial charge on any atom is 0.148 e. The molecular weight excluding hydrogens is 1100 g/mol. The minimum Gasteiger partial charge on any atom is -0.507 e. The van der Waals surface area contributed by atoms with E-state index >= 15 is 0 Å². The van der Waals surface area contributed by atoms with E-state index in [4.69, 9.17) is 15.0 Å². The van der Waals surface area contributed by atoms with E-state index in [2.05, 4.69) is 245 Å². The molecule has 3 aromatic heterocycles. The van der Waals surface area contributed by atoms with Gasteiger partial charge in [-0.2, -0.15) is 0 Å². The molecule has 1 N–H and O–H groups in total. The number of pyridine rings is 2. The predicted molar refractivity (Wildman–Crippen MR) is 312 cm³/mol. The zero-order valence-corrected chi connectivity index (χ0v) is 47.5. The van der Waals surface area contributed by atoms with E-state index in [-0.39, 0.29) is 48.5 Å². The molecule has 8 aromatic carbocycles. The van der Waals surface area contributed by atoms with Gasteiger partial charge in [0.2, 0.25) is 0 Å². The van der Waals surface area contributed by atoms with Crippen LogP contribution >= 0.6 is 0 Å². The van der Waals surface area contributed by atoms with E-state index in [1.807, 2.05) is 18.5 Å². The molecule has 0 atom stereocenters. The van der Waals surface area contributed by atoms with Gasteiger partial charge in [0, 0.05) is 61.1 Å². The average Bonchev–Trinajstić information content (AvgIpc) is 3.79. The van der Waals surface area contributed by atoms with Crippen molar-refractivity contribution in [3.8, 4) is 67.5 Å². The number of phenolic OH excluding ortho intramolecular Hbond substituents is 1. The van der Waals surface area contributed by atoms with Crippen LogP contribution in [0.2, 0.25) is 0 Å². The molecule has 0 saturated heterocycles. The maximum atomic E-state index is 12.7. The molecule has 0 saturated carbocycles. The molecule has 11 rings (SSSR count). The molecule has 11 aromatic rings. The molecule has 0 radical (unpaired) electrons. The van der Waals surface area contributed by atoms with Gasteiger partial charge in [0.25, 0.3) is 0 Å². The van der Waals surface area contributed by atoms with Crippen molar-refractivity contribution >= 4 is 43.5 Å². The second kappa shape index (κ2) is 18.9. The van der Waals surface area contributed by atoms with Gasteiger partial charge in [-0.15, -0.1) is 29.3 Å². The van der Waals surface area contributed by atoms with Crippen molar-refractivity contribution in [2.45, 2.75) is 105 Å². The smallest absolute Gasteiger partial charge is 0.148 e. The summed E-state index contributed by atoms with van der Waals surface area (Å²) in [4.78, 5) is 15.8. The Morgan fingerprint density at radius 2 is 1.05 bits per heavy atom. The summed E-state index contributed by atoms with van der Waals surface area (Å²) in [5.74, 6) is 0.919. The van der Waals surface area contributed by atoms with Gasteiger partial charge >= 0.3 is 0 Å². The summed E-state index contributed by atoms with van der Waals surface area (Å²) < 4.78 is 2.28. The Morgan fingerprint density at radius 3 is 1.76 bits per heavy atom. The van der Waals surface area contributed by atoms with Crippen molar-refractivity contribution in [2.75, 3.05) is 0 Å². The van der Waals surface area contributed by atoms with Gasteiger partial charge in [0.1, 0.15) is 11.6 Å². The van der Waals surface area contributed by atoms with Gasteiger partial charge in [-0.3, -0.25) is 14.5 Å². The average molecular weight is 1160 g/mol. The Morgan fingerprint density at radius 1 is 0.440 bits per heavy atom. The summed E-state index contributed by atoms with van der Waals surface area (Å²) in [6.07, 6.45) is 3.82. The van der Waals surface area contributed by atoms with Crippen LogP contribution < -0.4 is 0 Å². The quantitative estimate of drug-likeness (QED) is 0.133. The molecule has 0 aliphatic rings. The minimum absolute atomic E-state index is 0. The number of nitrogens with zero attached hydrogens (tertiary/aromatic N) is 4. The molecule has 0 aliphatic heterocycles. The second-order valence-corrected chi connectivity index (χ2v) is 24.3. The number of para-hydroxylation sites is 1. The molecule has 0 unspecified atom stereocenters. The Labute approximate surface area is 457 Å². The molecule has 5 nitrogen and oxygen atoms in total. The number of imidazole rings is 1. The molecule has 0 amide bonds. The monoisotopic (exact) mass is 1160 g/mol. The molecule has 0 aliphatic carbocycles. The van der Waals surface area contributed by atoms with E-state index in [9.17, 15) is 5.11 Å². The number of hydrogen-bond donors (Lipinski definition) is 1. The van der Waals surface area contributed by atoms with Crippen molar-refractivity contribution in [2.24, 2.45) is 0 Å². The molecule has 0 bridgehead atoms. The molecule has 3 heterocycles.